The van der Waals surface area contributed by atoms with Gasteiger partial charge in [0.05, 0.1) is 10.8 Å². The number of hydrogen-bond acceptors (Lipinski definition) is 5. The molecule has 27 heavy (non-hydrogen) atoms. The predicted molar refractivity (Wildman–Crippen MR) is 99.9 cm³/mol. The van der Waals surface area contributed by atoms with E-state index in [1.165, 1.54) is 23.9 Å². The molecule has 1 saturated heterocycles. The summed E-state index contributed by atoms with van der Waals surface area (Å²) in [6, 6.07) is 13.3. The van der Waals surface area contributed by atoms with Crippen molar-refractivity contribution in [1.82, 2.24) is 4.90 Å². The van der Waals surface area contributed by atoms with Crippen molar-refractivity contribution >= 4 is 29.3 Å². The van der Waals surface area contributed by atoms with Gasteiger partial charge in [0.15, 0.2) is 0 Å². The summed E-state index contributed by atoms with van der Waals surface area (Å²) in [5.74, 6) is -1.63. The van der Waals surface area contributed by atoms with E-state index in [2.05, 4.69) is 0 Å². The zero-order valence-electron chi connectivity index (χ0n) is 14.6. The molecule has 0 saturated carbocycles. The molecule has 7 nitrogen and oxygen atoms in total. The zero-order valence-corrected chi connectivity index (χ0v) is 15.4. The molecule has 1 amide bonds. The Morgan fingerprint density at radius 2 is 1.63 bits per heavy atom. The van der Waals surface area contributed by atoms with Gasteiger partial charge < -0.3 is 10.0 Å². The first-order valence-electron chi connectivity index (χ1n) is 8.39. The summed E-state index contributed by atoms with van der Waals surface area (Å²) in [6.45, 7) is 2.51. The highest BCUT2D eigenvalue weighted by molar-refractivity contribution is 7.99. The third kappa shape index (κ3) is 4.28. The number of nitrogens with zero attached hydrogens (tertiary/aromatic N) is 2. The minimum Gasteiger partial charge on any atom is -0.481 e. The molecule has 0 aliphatic carbocycles. The number of nitro benzene ring substituents is 1. The topological polar surface area (TPSA) is 101 Å². The maximum atomic E-state index is 12.6. The van der Waals surface area contributed by atoms with Crippen LogP contribution < -0.4 is 0 Å². The van der Waals surface area contributed by atoms with Gasteiger partial charge >= 0.3 is 5.97 Å². The Hall–Kier alpha value is -2.87. The average Bonchev–Trinajstić information content (AvgIpc) is 3.04. The van der Waals surface area contributed by atoms with Crippen LogP contribution in [0.2, 0.25) is 0 Å². The van der Waals surface area contributed by atoms with E-state index >= 15 is 0 Å². The summed E-state index contributed by atoms with van der Waals surface area (Å²) in [6.07, 6.45) is 0. The molecule has 0 radical (unpaired) electrons. The maximum absolute atomic E-state index is 12.6. The fourth-order valence-electron chi connectivity index (χ4n) is 3.07. The van der Waals surface area contributed by atoms with Crippen molar-refractivity contribution in [3.8, 4) is 0 Å². The fraction of sp³-hybridized carbons (Fsp3) is 0.263. The Kier molecular flexibility index (Phi) is 5.46. The van der Waals surface area contributed by atoms with E-state index in [1.54, 1.807) is 29.2 Å². The van der Waals surface area contributed by atoms with E-state index in [9.17, 15) is 24.8 Å². The molecular weight excluding hydrogens is 368 g/mol. The van der Waals surface area contributed by atoms with Gasteiger partial charge in [-0.2, -0.15) is 0 Å². The van der Waals surface area contributed by atoms with Gasteiger partial charge in [0.25, 0.3) is 11.6 Å². The lowest BCUT2D eigenvalue weighted by molar-refractivity contribution is -0.384. The molecule has 1 heterocycles. The standard InChI is InChI=1S/C19H18N2O5S/c1-12-10-20(11-17(12)19(23)24)18(22)13-2-6-15(7-3-13)27-16-8-4-14(5-9-16)21(25)26/h2-9,12,17H,10-11H2,1H3,(H,23,24)/t12-,17-/m1/s1. The van der Waals surface area contributed by atoms with Crippen LogP contribution in [0.25, 0.3) is 0 Å². The van der Waals surface area contributed by atoms with Crippen LogP contribution in [0.1, 0.15) is 17.3 Å². The number of amides is 1. The first-order chi connectivity index (χ1) is 12.8. The van der Waals surface area contributed by atoms with Crippen molar-refractivity contribution < 1.29 is 19.6 Å². The molecule has 1 fully saturated rings. The van der Waals surface area contributed by atoms with E-state index in [0.717, 1.165) is 9.79 Å². The van der Waals surface area contributed by atoms with Crippen molar-refractivity contribution in [1.29, 1.82) is 0 Å². The first kappa shape index (κ1) is 18.9. The average molecular weight is 386 g/mol. The Morgan fingerprint density at radius 3 is 2.11 bits per heavy atom. The minimum absolute atomic E-state index is 0.0415. The van der Waals surface area contributed by atoms with Gasteiger partial charge in [0, 0.05) is 40.6 Å². The van der Waals surface area contributed by atoms with Crippen LogP contribution in [-0.4, -0.2) is 39.9 Å². The molecule has 0 unspecified atom stereocenters. The van der Waals surface area contributed by atoms with Crippen LogP contribution in [0.3, 0.4) is 0 Å². The smallest absolute Gasteiger partial charge is 0.308 e. The van der Waals surface area contributed by atoms with E-state index < -0.39 is 16.8 Å². The molecule has 2 atom stereocenters. The molecule has 140 valence electrons. The molecule has 1 N–H and O–H groups in total. The second-order valence-corrected chi connectivity index (χ2v) is 7.66. The summed E-state index contributed by atoms with van der Waals surface area (Å²) in [5.41, 5.74) is 0.557. The minimum atomic E-state index is -0.868. The number of rotatable bonds is 5. The number of aliphatic carboxylic acids is 1. The lowest BCUT2D eigenvalue weighted by Crippen LogP contribution is -2.29. The number of carbonyl (C=O) groups excluding carboxylic acids is 1. The van der Waals surface area contributed by atoms with Gasteiger partial charge in [-0.1, -0.05) is 18.7 Å². The third-order valence-electron chi connectivity index (χ3n) is 4.60. The number of nitro groups is 1. The molecule has 0 aromatic heterocycles. The Balaban J connectivity index is 1.65. The predicted octanol–water partition coefficient (Wildman–Crippen LogP) is 3.54. The van der Waals surface area contributed by atoms with Crippen molar-refractivity contribution in [2.45, 2.75) is 16.7 Å². The van der Waals surface area contributed by atoms with Crippen LogP contribution in [0.15, 0.2) is 58.3 Å². The Morgan fingerprint density at radius 1 is 1.07 bits per heavy atom. The molecule has 0 spiro atoms. The Labute approximate surface area is 160 Å². The van der Waals surface area contributed by atoms with E-state index in [-0.39, 0.29) is 24.1 Å². The quantitative estimate of drug-likeness (QED) is 0.623. The van der Waals surface area contributed by atoms with E-state index in [0.29, 0.717) is 12.1 Å². The van der Waals surface area contributed by atoms with Crippen LogP contribution in [0, 0.1) is 22.0 Å². The SMILES string of the molecule is C[C@@H]1CN(C(=O)c2ccc(Sc3ccc([N+](=O)[O-])cc3)cc2)C[C@H]1C(=O)O. The van der Waals surface area contributed by atoms with Gasteiger partial charge in [-0.15, -0.1) is 0 Å². The lowest BCUT2D eigenvalue weighted by atomic mass is 9.99. The highest BCUT2D eigenvalue weighted by atomic mass is 32.2. The van der Waals surface area contributed by atoms with Gasteiger partial charge in [-0.3, -0.25) is 19.7 Å². The van der Waals surface area contributed by atoms with Crippen LogP contribution in [-0.2, 0) is 4.79 Å². The maximum Gasteiger partial charge on any atom is 0.308 e. The summed E-state index contributed by atoms with van der Waals surface area (Å²) in [4.78, 5) is 37.4. The molecule has 0 bridgehead atoms. The monoisotopic (exact) mass is 386 g/mol. The third-order valence-corrected chi connectivity index (χ3v) is 5.62. The summed E-state index contributed by atoms with van der Waals surface area (Å²) >= 11 is 1.44. The first-order valence-corrected chi connectivity index (χ1v) is 9.21. The molecular formula is C19H18N2O5S. The van der Waals surface area contributed by atoms with Crippen LogP contribution in [0.4, 0.5) is 5.69 Å². The van der Waals surface area contributed by atoms with E-state index in [4.69, 9.17) is 0 Å². The normalized spacial score (nSPS) is 19.1. The number of likely N-dealkylation sites (tertiary alicyclic amines) is 1. The number of carboxylic acid groups (broad SMARTS) is 1. The second kappa shape index (κ2) is 7.79. The number of benzene rings is 2. The number of hydrogen-bond donors (Lipinski definition) is 1. The van der Waals surface area contributed by atoms with Crippen molar-refractivity contribution in [3.05, 3.63) is 64.2 Å². The largest absolute Gasteiger partial charge is 0.481 e. The lowest BCUT2D eigenvalue weighted by Gasteiger charge is -2.16. The second-order valence-electron chi connectivity index (χ2n) is 6.51. The molecule has 3 rings (SSSR count). The van der Waals surface area contributed by atoms with Gasteiger partial charge in [0.2, 0.25) is 0 Å². The molecule has 8 heteroatoms. The van der Waals surface area contributed by atoms with Gasteiger partial charge in [-0.25, -0.2) is 0 Å². The highest BCUT2D eigenvalue weighted by Crippen LogP contribution is 2.30. The van der Waals surface area contributed by atoms with Gasteiger partial charge in [0.1, 0.15) is 0 Å². The number of carbonyl (C=O) groups is 2. The summed E-state index contributed by atoms with van der Waals surface area (Å²) in [7, 11) is 0. The van der Waals surface area contributed by atoms with Crippen molar-refractivity contribution in [3.63, 3.8) is 0 Å². The summed E-state index contributed by atoms with van der Waals surface area (Å²) < 4.78 is 0. The van der Waals surface area contributed by atoms with Crippen molar-refractivity contribution in [2.75, 3.05) is 13.1 Å². The highest BCUT2D eigenvalue weighted by Gasteiger charge is 2.37. The van der Waals surface area contributed by atoms with Gasteiger partial charge in [-0.05, 0) is 42.3 Å². The summed E-state index contributed by atoms with van der Waals surface area (Å²) in [5, 5.41) is 19.9. The van der Waals surface area contributed by atoms with Crippen molar-refractivity contribution in [2.24, 2.45) is 11.8 Å². The molecule has 2 aromatic rings. The number of carboxylic acids is 1. The Bertz CT molecular complexity index is 867. The van der Waals surface area contributed by atoms with E-state index in [1.807, 2.05) is 19.1 Å². The number of non-ortho nitro benzene ring substituents is 1. The fourth-order valence-corrected chi connectivity index (χ4v) is 3.89. The van der Waals surface area contributed by atoms with Crippen LogP contribution >= 0.6 is 11.8 Å². The molecule has 1 aliphatic heterocycles. The zero-order chi connectivity index (χ0) is 19.6. The van der Waals surface area contributed by atoms with Crippen LogP contribution in [0.5, 0.6) is 0 Å². The molecule has 1 aliphatic rings. The molecule has 2 aromatic carbocycles.